The highest BCUT2D eigenvalue weighted by molar-refractivity contribution is 7.90. The minimum atomic E-state index is -3.45. The summed E-state index contributed by atoms with van der Waals surface area (Å²) in [4.78, 5) is 4.27. The number of sulfone groups is 2. The van der Waals surface area contributed by atoms with Crippen LogP contribution in [0.3, 0.4) is 0 Å². The summed E-state index contributed by atoms with van der Waals surface area (Å²) in [6.07, 6.45) is 5.17. The number of aromatic nitrogens is 3. The Hall–Kier alpha value is -2.97. The Kier molecular flexibility index (Phi) is 5.81. The first-order chi connectivity index (χ1) is 16.2. The molecule has 34 heavy (non-hydrogen) atoms. The maximum Gasteiger partial charge on any atom is 0.173 e. The van der Waals surface area contributed by atoms with Gasteiger partial charge in [-0.05, 0) is 61.8 Å². The van der Waals surface area contributed by atoms with Crippen molar-refractivity contribution >= 4 is 30.6 Å². The summed E-state index contributed by atoms with van der Waals surface area (Å²) in [5, 5.41) is 16.8. The third-order valence-electron chi connectivity index (χ3n) is 6.02. The van der Waals surface area contributed by atoms with E-state index in [-0.39, 0.29) is 52.0 Å². The average molecular weight is 501 g/mol. The molecule has 1 aromatic carbocycles. The van der Waals surface area contributed by atoms with Gasteiger partial charge in [-0.15, -0.1) is 0 Å². The van der Waals surface area contributed by atoms with E-state index in [2.05, 4.69) is 21.3 Å². The molecular weight excluding hydrogens is 476 g/mol. The lowest BCUT2D eigenvalue weighted by atomic mass is 10.1. The minimum absolute atomic E-state index is 0.0817. The van der Waals surface area contributed by atoms with Crippen molar-refractivity contribution in [3.63, 3.8) is 0 Å². The lowest BCUT2D eigenvalue weighted by Crippen LogP contribution is -2.13. The largest absolute Gasteiger partial charge is 0.453 e. The number of fused-ring (bicyclic) bond motifs is 1. The van der Waals surface area contributed by atoms with E-state index in [9.17, 15) is 22.1 Å². The van der Waals surface area contributed by atoms with Crippen molar-refractivity contribution in [1.29, 1.82) is 5.26 Å². The predicted octanol–water partition coefficient (Wildman–Crippen LogP) is 3.27. The van der Waals surface area contributed by atoms with Gasteiger partial charge in [0.2, 0.25) is 0 Å². The summed E-state index contributed by atoms with van der Waals surface area (Å²) in [7, 11) is -6.88. The van der Waals surface area contributed by atoms with E-state index < -0.39 is 19.7 Å². The molecule has 1 N–H and O–H groups in total. The third-order valence-corrected chi connectivity index (χ3v) is 9.42. The highest BCUT2D eigenvalue weighted by Gasteiger charge is 2.32. The molecule has 2 aliphatic rings. The van der Waals surface area contributed by atoms with Gasteiger partial charge < -0.3 is 4.74 Å². The first kappa shape index (κ1) is 22.8. The number of hydrogen-bond acceptors (Lipinski definition) is 8. The number of aromatic amines is 1. The van der Waals surface area contributed by atoms with Crippen molar-refractivity contribution < 1.29 is 21.6 Å². The van der Waals surface area contributed by atoms with E-state index in [4.69, 9.17) is 4.74 Å². The quantitative estimate of drug-likeness (QED) is 0.447. The summed E-state index contributed by atoms with van der Waals surface area (Å²) in [6, 6.07) is 8.70. The van der Waals surface area contributed by atoms with Gasteiger partial charge in [0.25, 0.3) is 0 Å². The van der Waals surface area contributed by atoms with E-state index in [0.717, 1.165) is 25.7 Å². The normalized spacial score (nSPS) is 16.4. The molecule has 2 fully saturated rings. The van der Waals surface area contributed by atoms with Crippen LogP contribution in [-0.2, 0) is 31.2 Å². The standard InChI is InChI=1S/C23H24N4O5S2/c24-10-17-7-8-21(18-2-1-9-25-22(17)18)32-23-19(13-33(28,29)11-15-3-4-15)26-27-20(23)14-34(30,31)12-16-5-6-16/h1-2,7-9,15-16H,3-6,11-14H2,(H,26,27). The third kappa shape index (κ3) is 5.23. The van der Waals surface area contributed by atoms with E-state index in [1.54, 1.807) is 30.5 Å². The number of nitrogens with one attached hydrogen (secondary N) is 1. The first-order valence-electron chi connectivity index (χ1n) is 11.2. The van der Waals surface area contributed by atoms with Crippen molar-refractivity contribution in [1.82, 2.24) is 15.2 Å². The van der Waals surface area contributed by atoms with E-state index in [1.807, 2.05) is 0 Å². The van der Waals surface area contributed by atoms with Gasteiger partial charge >= 0.3 is 0 Å². The van der Waals surface area contributed by atoms with Gasteiger partial charge in [-0.3, -0.25) is 10.1 Å². The molecule has 3 aromatic rings. The van der Waals surface area contributed by atoms with Crippen LogP contribution in [0.4, 0.5) is 0 Å². The zero-order chi connectivity index (χ0) is 23.9. The Morgan fingerprint density at radius 2 is 1.68 bits per heavy atom. The first-order valence-corrected chi connectivity index (χ1v) is 14.8. The molecule has 2 aliphatic carbocycles. The number of rotatable bonds is 10. The molecule has 2 saturated carbocycles. The lowest BCUT2D eigenvalue weighted by Gasteiger charge is -2.12. The molecule has 0 aliphatic heterocycles. The van der Waals surface area contributed by atoms with Crippen LogP contribution in [0.2, 0.25) is 0 Å². The highest BCUT2D eigenvalue weighted by Crippen LogP contribution is 2.37. The summed E-state index contributed by atoms with van der Waals surface area (Å²) in [6.45, 7) is 0. The van der Waals surface area contributed by atoms with Crippen LogP contribution in [0.1, 0.15) is 42.6 Å². The molecule has 0 bridgehead atoms. The minimum Gasteiger partial charge on any atom is -0.453 e. The number of benzene rings is 1. The van der Waals surface area contributed by atoms with Gasteiger partial charge in [-0.1, -0.05) is 0 Å². The Labute approximate surface area is 198 Å². The van der Waals surface area contributed by atoms with Crippen molar-refractivity contribution in [2.45, 2.75) is 37.2 Å². The molecule has 2 aromatic heterocycles. The highest BCUT2D eigenvalue weighted by atomic mass is 32.2. The van der Waals surface area contributed by atoms with E-state index in [1.165, 1.54) is 0 Å². The number of nitrogens with zero attached hydrogens (tertiary/aromatic N) is 3. The SMILES string of the molecule is N#Cc1ccc(Oc2c(CS(=O)(=O)CC3CC3)n[nH]c2CS(=O)(=O)CC2CC2)c2cccnc12. The molecule has 0 saturated heterocycles. The van der Waals surface area contributed by atoms with Crippen molar-refractivity contribution in [2.24, 2.45) is 11.8 Å². The van der Waals surface area contributed by atoms with Crippen LogP contribution >= 0.6 is 0 Å². The summed E-state index contributed by atoms with van der Waals surface area (Å²) in [5.41, 5.74) is 1.18. The zero-order valence-corrected chi connectivity index (χ0v) is 20.0. The summed E-state index contributed by atoms with van der Waals surface area (Å²) in [5.74, 6) is 0.317. The average Bonchev–Trinajstić information content (AvgIpc) is 3.71. The molecule has 2 heterocycles. The van der Waals surface area contributed by atoms with E-state index in [0.29, 0.717) is 22.2 Å². The predicted molar refractivity (Wildman–Crippen MR) is 126 cm³/mol. The van der Waals surface area contributed by atoms with Gasteiger partial charge in [-0.25, -0.2) is 16.8 Å². The van der Waals surface area contributed by atoms with Crippen molar-refractivity contribution in [3.8, 4) is 17.6 Å². The fourth-order valence-corrected chi connectivity index (χ4v) is 7.58. The van der Waals surface area contributed by atoms with Crippen molar-refractivity contribution in [2.75, 3.05) is 11.5 Å². The van der Waals surface area contributed by atoms with Gasteiger partial charge in [0.15, 0.2) is 25.4 Å². The fourth-order valence-electron chi connectivity index (χ4n) is 4.00. The maximum atomic E-state index is 12.7. The van der Waals surface area contributed by atoms with Gasteiger partial charge in [0.05, 0.1) is 39.8 Å². The number of ether oxygens (including phenoxy) is 1. The van der Waals surface area contributed by atoms with Crippen LogP contribution in [-0.4, -0.2) is 43.5 Å². The Morgan fingerprint density at radius 3 is 2.32 bits per heavy atom. The topological polar surface area (TPSA) is 143 Å². The Bertz CT molecular complexity index is 1430. The monoisotopic (exact) mass is 500 g/mol. The molecule has 0 radical (unpaired) electrons. The van der Waals surface area contributed by atoms with Crippen LogP contribution in [0.25, 0.3) is 10.9 Å². The van der Waals surface area contributed by atoms with Crippen LogP contribution < -0.4 is 4.74 Å². The number of pyridine rings is 1. The van der Waals surface area contributed by atoms with Crippen molar-refractivity contribution in [3.05, 3.63) is 47.4 Å². The maximum absolute atomic E-state index is 12.7. The Balaban J connectivity index is 1.53. The molecule has 0 unspecified atom stereocenters. The second-order valence-electron chi connectivity index (χ2n) is 9.20. The van der Waals surface area contributed by atoms with Crippen LogP contribution in [0.15, 0.2) is 30.5 Å². The van der Waals surface area contributed by atoms with Gasteiger partial charge in [0.1, 0.15) is 17.5 Å². The van der Waals surface area contributed by atoms with Crippen LogP contribution in [0.5, 0.6) is 11.5 Å². The molecular formula is C23H24N4O5S2. The number of nitriles is 1. The molecule has 0 atom stereocenters. The lowest BCUT2D eigenvalue weighted by molar-refractivity contribution is 0.478. The Morgan fingerprint density at radius 1 is 1.00 bits per heavy atom. The molecule has 5 rings (SSSR count). The smallest absolute Gasteiger partial charge is 0.173 e. The molecule has 0 amide bonds. The second kappa shape index (κ2) is 8.67. The summed E-state index contributed by atoms with van der Waals surface area (Å²) < 4.78 is 57.1. The van der Waals surface area contributed by atoms with Crippen LogP contribution in [0, 0.1) is 23.2 Å². The molecule has 178 valence electrons. The number of hydrogen-bond donors (Lipinski definition) is 1. The van der Waals surface area contributed by atoms with E-state index >= 15 is 0 Å². The molecule has 0 spiro atoms. The summed E-state index contributed by atoms with van der Waals surface area (Å²) >= 11 is 0. The molecule has 11 heteroatoms. The number of H-pyrrole nitrogens is 1. The fraction of sp³-hybridized carbons (Fsp3) is 0.435. The van der Waals surface area contributed by atoms with Gasteiger partial charge in [0, 0.05) is 11.6 Å². The zero-order valence-electron chi connectivity index (χ0n) is 18.4. The van der Waals surface area contributed by atoms with Gasteiger partial charge in [-0.2, -0.15) is 10.4 Å². The molecule has 9 nitrogen and oxygen atoms in total. The second-order valence-corrected chi connectivity index (χ2v) is 13.4.